The lowest BCUT2D eigenvalue weighted by atomic mass is 9.95. The van der Waals surface area contributed by atoms with Gasteiger partial charge in [0.2, 0.25) is 5.75 Å². The quantitative estimate of drug-likeness (QED) is 0.0557. The first-order valence-electron chi connectivity index (χ1n) is 14.1. The summed E-state index contributed by atoms with van der Waals surface area (Å²) < 4.78 is 23.4. The SMILES string of the molecule is CCOc1cc([C@H]2NC(=O)NC(C)=C2C(=O)OC)ccc1OC[C@H](O)N/N=C/c1cc(Br)c(OCc2ccc(Br)cc2)c([N+](=O)[O-])c1. The van der Waals surface area contributed by atoms with Crippen LogP contribution in [0, 0.1) is 10.1 Å². The number of allylic oxidation sites excluding steroid dienone is 1. The van der Waals surface area contributed by atoms with Crippen molar-refractivity contribution >= 4 is 55.8 Å². The van der Waals surface area contributed by atoms with Crippen molar-refractivity contribution in [3.8, 4) is 17.2 Å². The highest BCUT2D eigenvalue weighted by Crippen LogP contribution is 2.37. The van der Waals surface area contributed by atoms with Crippen molar-refractivity contribution < 1.29 is 38.6 Å². The summed E-state index contributed by atoms with van der Waals surface area (Å²) in [5.41, 5.74) is 4.60. The normalized spacial score (nSPS) is 15.0. The number of hydrogen-bond donors (Lipinski definition) is 4. The molecule has 4 rings (SSSR count). The van der Waals surface area contributed by atoms with Crippen LogP contribution >= 0.6 is 31.9 Å². The number of aliphatic hydroxyl groups is 1. The highest BCUT2D eigenvalue weighted by Gasteiger charge is 2.32. The monoisotopic (exact) mass is 775 g/mol. The van der Waals surface area contributed by atoms with E-state index in [4.69, 9.17) is 18.9 Å². The molecular weight excluding hydrogens is 746 g/mol. The Balaban J connectivity index is 1.41. The minimum Gasteiger partial charge on any atom is -0.490 e. The Morgan fingerprint density at radius 1 is 1.13 bits per heavy atom. The molecule has 0 saturated carbocycles. The Bertz CT molecular complexity index is 1700. The summed E-state index contributed by atoms with van der Waals surface area (Å²) in [6.07, 6.45) is 0.0364. The number of nitro benzene ring substituents is 1. The van der Waals surface area contributed by atoms with Crippen molar-refractivity contribution in [1.29, 1.82) is 0 Å². The van der Waals surface area contributed by atoms with E-state index in [0.717, 1.165) is 10.0 Å². The van der Waals surface area contributed by atoms with Gasteiger partial charge in [0.05, 0.1) is 40.9 Å². The van der Waals surface area contributed by atoms with Gasteiger partial charge >= 0.3 is 17.7 Å². The second kappa shape index (κ2) is 16.2. The maximum absolute atomic E-state index is 12.4. The van der Waals surface area contributed by atoms with Crippen molar-refractivity contribution in [2.75, 3.05) is 20.3 Å². The van der Waals surface area contributed by atoms with Gasteiger partial charge < -0.3 is 34.7 Å². The number of amides is 2. The van der Waals surface area contributed by atoms with Gasteiger partial charge in [-0.15, -0.1) is 0 Å². The average Bonchev–Trinajstić information content (AvgIpc) is 3.03. The zero-order valence-corrected chi connectivity index (χ0v) is 28.6. The van der Waals surface area contributed by atoms with Crippen LogP contribution in [0.3, 0.4) is 0 Å². The lowest BCUT2D eigenvalue weighted by Crippen LogP contribution is -2.45. The minimum absolute atomic E-state index is 0.0720. The molecule has 0 spiro atoms. The number of ether oxygens (including phenoxy) is 4. The molecule has 4 N–H and O–H groups in total. The fourth-order valence-corrected chi connectivity index (χ4v) is 5.35. The van der Waals surface area contributed by atoms with E-state index in [9.17, 15) is 24.8 Å². The van der Waals surface area contributed by atoms with Gasteiger partial charge in [-0.2, -0.15) is 5.10 Å². The number of carbonyl (C=O) groups excluding carboxylic acids is 2. The molecule has 0 aromatic heterocycles. The number of nitrogens with one attached hydrogen (secondary N) is 3. The van der Waals surface area contributed by atoms with Crippen molar-refractivity contribution in [1.82, 2.24) is 16.1 Å². The number of rotatable bonds is 14. The van der Waals surface area contributed by atoms with E-state index in [0.29, 0.717) is 32.8 Å². The highest BCUT2D eigenvalue weighted by molar-refractivity contribution is 9.10. The number of urea groups is 1. The topological polar surface area (TPSA) is 183 Å². The number of nitrogens with zero attached hydrogens (tertiary/aromatic N) is 2. The Labute approximate surface area is 286 Å². The lowest BCUT2D eigenvalue weighted by Gasteiger charge is -2.28. The fourth-order valence-electron chi connectivity index (χ4n) is 4.51. The Morgan fingerprint density at radius 3 is 2.55 bits per heavy atom. The zero-order chi connectivity index (χ0) is 34.1. The van der Waals surface area contributed by atoms with Crippen LogP contribution in [0.2, 0.25) is 0 Å². The third kappa shape index (κ3) is 9.21. The van der Waals surface area contributed by atoms with E-state index in [1.54, 1.807) is 38.1 Å². The molecule has 3 aromatic rings. The van der Waals surface area contributed by atoms with Gasteiger partial charge in [-0.1, -0.05) is 34.1 Å². The van der Waals surface area contributed by atoms with E-state index < -0.39 is 29.2 Å². The predicted molar refractivity (Wildman–Crippen MR) is 178 cm³/mol. The number of hydrazone groups is 1. The van der Waals surface area contributed by atoms with E-state index in [2.05, 4.69) is 53.0 Å². The van der Waals surface area contributed by atoms with Crippen LogP contribution < -0.4 is 30.3 Å². The van der Waals surface area contributed by atoms with Crippen LogP contribution in [-0.4, -0.2) is 54.8 Å². The molecule has 14 nitrogen and oxygen atoms in total. The Hall–Kier alpha value is -4.67. The molecule has 0 aliphatic carbocycles. The highest BCUT2D eigenvalue weighted by atomic mass is 79.9. The Kier molecular flexibility index (Phi) is 12.2. The Morgan fingerprint density at radius 2 is 1.87 bits per heavy atom. The van der Waals surface area contributed by atoms with Crippen LogP contribution in [0.25, 0.3) is 0 Å². The summed E-state index contributed by atoms with van der Waals surface area (Å²) >= 11 is 6.71. The second-order valence-corrected chi connectivity index (χ2v) is 11.7. The molecule has 0 bridgehead atoms. The molecule has 47 heavy (non-hydrogen) atoms. The van der Waals surface area contributed by atoms with Gasteiger partial charge in [0.15, 0.2) is 17.7 Å². The van der Waals surface area contributed by atoms with Crippen LogP contribution in [0.5, 0.6) is 17.2 Å². The molecule has 248 valence electrons. The number of nitro groups is 1. The van der Waals surface area contributed by atoms with E-state index >= 15 is 0 Å². The molecule has 2 atom stereocenters. The molecule has 0 saturated heterocycles. The predicted octanol–water partition coefficient (Wildman–Crippen LogP) is 5.22. The smallest absolute Gasteiger partial charge is 0.337 e. The largest absolute Gasteiger partial charge is 0.490 e. The third-order valence-corrected chi connectivity index (χ3v) is 7.77. The van der Waals surface area contributed by atoms with Gasteiger partial charge in [0, 0.05) is 21.8 Å². The van der Waals surface area contributed by atoms with E-state index in [-0.39, 0.29) is 36.8 Å². The number of methoxy groups -OCH3 is 1. The van der Waals surface area contributed by atoms with E-state index in [1.165, 1.54) is 19.4 Å². The second-order valence-electron chi connectivity index (χ2n) is 9.94. The molecule has 0 unspecified atom stereocenters. The molecule has 2 amide bonds. The molecule has 16 heteroatoms. The number of esters is 1. The molecule has 3 aromatic carbocycles. The average molecular weight is 777 g/mol. The number of halogens is 2. The summed E-state index contributed by atoms with van der Waals surface area (Å²) in [6.45, 7) is 3.55. The summed E-state index contributed by atoms with van der Waals surface area (Å²) in [5.74, 6) is 0.0769. The molecule has 1 heterocycles. The number of carbonyl (C=O) groups is 2. The molecule has 1 aliphatic rings. The van der Waals surface area contributed by atoms with Crippen LogP contribution in [0.1, 0.15) is 36.6 Å². The van der Waals surface area contributed by atoms with Crippen LogP contribution in [0.4, 0.5) is 10.5 Å². The van der Waals surface area contributed by atoms with Crippen molar-refractivity contribution in [3.63, 3.8) is 0 Å². The first kappa shape index (κ1) is 35.2. The summed E-state index contributed by atoms with van der Waals surface area (Å²) in [5, 5.41) is 31.5. The molecule has 1 aliphatic heterocycles. The maximum atomic E-state index is 12.4. The first-order valence-corrected chi connectivity index (χ1v) is 15.7. The standard InChI is InChI=1S/C31H31Br2N5O9/c1-4-45-25-13-20(28-27(30(40)44-3)17(2)35-31(41)36-28)7-10-24(25)46-16-26(39)37-34-14-19-11-22(33)29(23(12-19)38(42)43)47-15-18-5-8-21(32)9-6-18/h5-14,26,28,37,39H,4,15-16H2,1-3H3,(H2,35,36,41)/b34-14+/t26-,28+/m0/s1. The molecule has 0 radical (unpaired) electrons. The van der Waals surface area contributed by atoms with Gasteiger partial charge in [-0.25, -0.2) is 9.59 Å². The maximum Gasteiger partial charge on any atom is 0.337 e. The van der Waals surface area contributed by atoms with Gasteiger partial charge in [0.25, 0.3) is 0 Å². The van der Waals surface area contributed by atoms with Gasteiger partial charge in [-0.05, 0) is 71.2 Å². The first-order chi connectivity index (χ1) is 22.5. The molecular formula is C31H31Br2N5O9. The zero-order valence-electron chi connectivity index (χ0n) is 25.4. The number of hydrogen-bond acceptors (Lipinski definition) is 11. The van der Waals surface area contributed by atoms with Crippen molar-refractivity contribution in [3.05, 3.63) is 102 Å². The minimum atomic E-state index is -1.27. The summed E-state index contributed by atoms with van der Waals surface area (Å²) in [6, 6.07) is 13.9. The third-order valence-electron chi connectivity index (χ3n) is 6.65. The van der Waals surface area contributed by atoms with Crippen molar-refractivity contribution in [2.24, 2.45) is 5.10 Å². The van der Waals surface area contributed by atoms with Gasteiger partial charge in [-0.3, -0.25) is 15.5 Å². The van der Waals surface area contributed by atoms with Gasteiger partial charge in [0.1, 0.15) is 13.2 Å². The van der Waals surface area contributed by atoms with Crippen molar-refractivity contribution in [2.45, 2.75) is 32.7 Å². The fraction of sp³-hybridized carbons (Fsp3) is 0.258. The van der Waals surface area contributed by atoms with Crippen LogP contribution in [0.15, 0.2) is 79.9 Å². The number of aliphatic hydroxyl groups excluding tert-OH is 1. The summed E-state index contributed by atoms with van der Waals surface area (Å²) in [4.78, 5) is 35.8. The lowest BCUT2D eigenvalue weighted by molar-refractivity contribution is -0.386. The molecule has 0 fully saturated rings. The number of benzene rings is 3. The summed E-state index contributed by atoms with van der Waals surface area (Å²) in [7, 11) is 1.25. The van der Waals surface area contributed by atoms with Crippen LogP contribution in [-0.2, 0) is 16.1 Å². The van der Waals surface area contributed by atoms with E-state index in [1.807, 2.05) is 24.3 Å².